The summed E-state index contributed by atoms with van der Waals surface area (Å²) in [7, 11) is 0. The Labute approximate surface area is 121 Å². The van der Waals surface area contributed by atoms with Crippen LogP contribution >= 0.6 is 23.2 Å². The van der Waals surface area contributed by atoms with Crippen LogP contribution in [0.5, 0.6) is 0 Å². The number of halogens is 2. The number of hydrogen-bond acceptors (Lipinski definition) is 2. The molecular formula is C13H13Cl2N3O. The van der Waals surface area contributed by atoms with Crippen LogP contribution in [0, 0.1) is 6.92 Å². The molecule has 0 saturated carbocycles. The van der Waals surface area contributed by atoms with Crippen molar-refractivity contribution in [3.8, 4) is 0 Å². The van der Waals surface area contributed by atoms with E-state index in [1.165, 1.54) is 0 Å². The quantitative estimate of drug-likeness (QED) is 0.937. The van der Waals surface area contributed by atoms with Gasteiger partial charge in [-0.2, -0.15) is 5.10 Å². The Morgan fingerprint density at radius 1 is 1.42 bits per heavy atom. The minimum Gasteiger partial charge on any atom is -0.319 e. The summed E-state index contributed by atoms with van der Waals surface area (Å²) in [4.78, 5) is 12.1. The summed E-state index contributed by atoms with van der Waals surface area (Å²) < 4.78 is 1.80. The summed E-state index contributed by atoms with van der Waals surface area (Å²) in [6, 6.07) is 4.95. The third-order valence-electron chi connectivity index (χ3n) is 2.85. The Balaban J connectivity index is 2.26. The number of rotatable bonds is 3. The number of hydrogen-bond donors (Lipinski definition) is 1. The number of nitrogens with one attached hydrogen (secondary N) is 1. The first-order valence-corrected chi connectivity index (χ1v) is 6.58. The van der Waals surface area contributed by atoms with Gasteiger partial charge in [0.15, 0.2) is 0 Å². The van der Waals surface area contributed by atoms with Crippen molar-refractivity contribution in [1.29, 1.82) is 0 Å². The summed E-state index contributed by atoms with van der Waals surface area (Å²) in [5.41, 5.74) is 1.91. The Hall–Kier alpha value is -1.52. The fourth-order valence-electron chi connectivity index (χ4n) is 1.76. The highest BCUT2D eigenvalue weighted by Gasteiger charge is 2.15. The van der Waals surface area contributed by atoms with E-state index in [1.54, 1.807) is 29.1 Å². The zero-order chi connectivity index (χ0) is 14.0. The molecule has 0 unspecified atom stereocenters. The third-order valence-corrected chi connectivity index (χ3v) is 3.67. The maximum Gasteiger partial charge on any atom is 0.257 e. The summed E-state index contributed by atoms with van der Waals surface area (Å²) in [5, 5.41) is 7.56. The molecule has 1 N–H and O–H groups in total. The van der Waals surface area contributed by atoms with Gasteiger partial charge in [0.2, 0.25) is 0 Å². The number of aromatic nitrogens is 2. The summed E-state index contributed by atoms with van der Waals surface area (Å²) in [6.07, 6.45) is 1.62. The molecule has 19 heavy (non-hydrogen) atoms. The van der Waals surface area contributed by atoms with Crippen molar-refractivity contribution in [1.82, 2.24) is 9.78 Å². The standard InChI is InChI=1S/C13H13Cl2N3O/c1-3-18-8(2)11(7-16-18)17-13(19)9-5-4-6-10(14)12(9)15/h4-7H,3H2,1-2H3,(H,17,19). The van der Waals surface area contributed by atoms with Crippen LogP contribution in [0.25, 0.3) is 0 Å². The minimum atomic E-state index is -0.300. The molecule has 0 aliphatic rings. The lowest BCUT2D eigenvalue weighted by atomic mass is 10.2. The number of carbonyl (C=O) groups is 1. The zero-order valence-corrected chi connectivity index (χ0v) is 12.1. The van der Waals surface area contributed by atoms with Crippen molar-refractivity contribution in [2.45, 2.75) is 20.4 Å². The van der Waals surface area contributed by atoms with Gasteiger partial charge in [0.05, 0.1) is 33.2 Å². The van der Waals surface area contributed by atoms with E-state index >= 15 is 0 Å². The minimum absolute atomic E-state index is 0.252. The van der Waals surface area contributed by atoms with Crippen LogP contribution in [0.2, 0.25) is 10.0 Å². The van der Waals surface area contributed by atoms with Crippen LogP contribution < -0.4 is 5.32 Å². The lowest BCUT2D eigenvalue weighted by Gasteiger charge is -2.07. The van der Waals surface area contributed by atoms with Crippen LogP contribution in [0.4, 0.5) is 5.69 Å². The van der Waals surface area contributed by atoms with Crippen molar-refractivity contribution >= 4 is 34.8 Å². The molecule has 1 amide bonds. The molecule has 0 fully saturated rings. The van der Waals surface area contributed by atoms with Crippen LogP contribution in [0.15, 0.2) is 24.4 Å². The molecule has 0 bridgehead atoms. The van der Waals surface area contributed by atoms with E-state index in [4.69, 9.17) is 23.2 Å². The monoisotopic (exact) mass is 297 g/mol. The predicted octanol–water partition coefficient (Wildman–Crippen LogP) is 3.77. The van der Waals surface area contributed by atoms with Gasteiger partial charge in [-0.3, -0.25) is 9.48 Å². The molecule has 0 aliphatic heterocycles. The van der Waals surface area contributed by atoms with E-state index in [1.807, 2.05) is 13.8 Å². The number of carbonyl (C=O) groups excluding carboxylic acids is 1. The van der Waals surface area contributed by atoms with Gasteiger partial charge in [-0.25, -0.2) is 0 Å². The van der Waals surface area contributed by atoms with E-state index < -0.39 is 0 Å². The van der Waals surface area contributed by atoms with Crippen LogP contribution in [0.3, 0.4) is 0 Å². The molecule has 4 nitrogen and oxygen atoms in total. The van der Waals surface area contributed by atoms with Gasteiger partial charge in [-0.1, -0.05) is 29.3 Å². The van der Waals surface area contributed by atoms with Crippen molar-refractivity contribution in [3.05, 3.63) is 45.7 Å². The molecule has 0 radical (unpaired) electrons. The van der Waals surface area contributed by atoms with E-state index in [-0.39, 0.29) is 10.9 Å². The zero-order valence-electron chi connectivity index (χ0n) is 10.6. The average molecular weight is 298 g/mol. The first kappa shape index (κ1) is 13.9. The van der Waals surface area contributed by atoms with Gasteiger partial charge in [0.1, 0.15) is 0 Å². The Morgan fingerprint density at radius 2 is 2.16 bits per heavy atom. The summed E-state index contributed by atoms with van der Waals surface area (Å²) in [5.74, 6) is -0.300. The Morgan fingerprint density at radius 3 is 2.79 bits per heavy atom. The lowest BCUT2D eigenvalue weighted by molar-refractivity contribution is 0.102. The molecule has 0 spiro atoms. The van der Waals surface area contributed by atoms with Crippen LogP contribution in [-0.2, 0) is 6.54 Å². The first-order chi connectivity index (χ1) is 9.04. The van der Waals surface area contributed by atoms with Crippen molar-refractivity contribution in [3.63, 3.8) is 0 Å². The molecule has 2 aromatic rings. The highest BCUT2D eigenvalue weighted by atomic mass is 35.5. The molecule has 6 heteroatoms. The van der Waals surface area contributed by atoms with Crippen molar-refractivity contribution in [2.75, 3.05) is 5.32 Å². The summed E-state index contributed by atoms with van der Waals surface area (Å²) >= 11 is 11.9. The highest BCUT2D eigenvalue weighted by Crippen LogP contribution is 2.26. The van der Waals surface area contributed by atoms with Crippen molar-refractivity contribution < 1.29 is 4.79 Å². The van der Waals surface area contributed by atoms with Gasteiger partial charge < -0.3 is 5.32 Å². The van der Waals surface area contributed by atoms with E-state index in [2.05, 4.69) is 10.4 Å². The number of amides is 1. The summed E-state index contributed by atoms with van der Waals surface area (Å²) in [6.45, 7) is 4.63. The Kier molecular flexibility index (Phi) is 4.12. The predicted molar refractivity (Wildman–Crippen MR) is 77.1 cm³/mol. The van der Waals surface area contributed by atoms with Gasteiger partial charge in [0.25, 0.3) is 5.91 Å². The van der Waals surface area contributed by atoms with Gasteiger partial charge in [0, 0.05) is 6.54 Å². The van der Waals surface area contributed by atoms with Crippen LogP contribution in [-0.4, -0.2) is 15.7 Å². The first-order valence-electron chi connectivity index (χ1n) is 5.82. The molecule has 1 heterocycles. The second kappa shape index (κ2) is 5.63. The largest absolute Gasteiger partial charge is 0.319 e. The molecule has 0 aliphatic carbocycles. The number of aryl methyl sites for hydroxylation is 1. The molecule has 0 saturated heterocycles. The number of anilines is 1. The molecule has 0 atom stereocenters. The lowest BCUT2D eigenvalue weighted by Crippen LogP contribution is -2.13. The molecule has 1 aromatic carbocycles. The van der Waals surface area contributed by atoms with Gasteiger partial charge >= 0.3 is 0 Å². The Bertz CT molecular complexity index is 622. The smallest absolute Gasteiger partial charge is 0.257 e. The average Bonchev–Trinajstić information content (AvgIpc) is 2.73. The van der Waals surface area contributed by atoms with Crippen LogP contribution in [0.1, 0.15) is 23.0 Å². The fourth-order valence-corrected chi connectivity index (χ4v) is 2.14. The fraction of sp³-hybridized carbons (Fsp3) is 0.231. The van der Waals surface area contributed by atoms with Gasteiger partial charge in [-0.05, 0) is 26.0 Å². The second-order valence-corrected chi connectivity index (χ2v) is 4.80. The maximum absolute atomic E-state index is 12.1. The normalized spacial score (nSPS) is 10.5. The number of benzene rings is 1. The third kappa shape index (κ3) is 2.74. The van der Waals surface area contributed by atoms with Gasteiger partial charge in [-0.15, -0.1) is 0 Å². The maximum atomic E-state index is 12.1. The molecular weight excluding hydrogens is 285 g/mol. The number of nitrogens with zero attached hydrogens (tertiary/aromatic N) is 2. The topological polar surface area (TPSA) is 46.9 Å². The van der Waals surface area contributed by atoms with Crippen molar-refractivity contribution in [2.24, 2.45) is 0 Å². The molecule has 100 valence electrons. The molecule has 2 rings (SSSR count). The highest BCUT2D eigenvalue weighted by molar-refractivity contribution is 6.44. The van der Waals surface area contributed by atoms with E-state index in [0.717, 1.165) is 12.2 Å². The second-order valence-electron chi connectivity index (χ2n) is 4.01. The van der Waals surface area contributed by atoms with E-state index in [0.29, 0.717) is 16.3 Å². The molecule has 1 aromatic heterocycles. The SMILES string of the molecule is CCn1ncc(NC(=O)c2cccc(Cl)c2Cl)c1C. The van der Waals surface area contributed by atoms with E-state index in [9.17, 15) is 4.79 Å².